The van der Waals surface area contributed by atoms with Gasteiger partial charge in [-0.1, -0.05) is 13.8 Å². The van der Waals surface area contributed by atoms with Crippen molar-refractivity contribution >= 4 is 5.97 Å². The van der Waals surface area contributed by atoms with E-state index in [9.17, 15) is 4.79 Å². The smallest absolute Gasteiger partial charge is 0.308 e. The number of hydrogen-bond acceptors (Lipinski definition) is 3. The average Bonchev–Trinajstić information content (AvgIpc) is 1.95. The number of esters is 1. The summed E-state index contributed by atoms with van der Waals surface area (Å²) in [6.45, 7) is 11.1. The van der Waals surface area contributed by atoms with Gasteiger partial charge in [0.15, 0.2) is 0 Å². The van der Waals surface area contributed by atoms with Crippen LogP contribution in [0.2, 0.25) is 0 Å². The van der Waals surface area contributed by atoms with Gasteiger partial charge in [-0.2, -0.15) is 0 Å². The number of carbonyl (C=O) groups excluding carboxylic acids is 1. The Kier molecular flexibility index (Phi) is 4.99. The Morgan fingerprint density at radius 3 is 2.31 bits per heavy atom. The lowest BCUT2D eigenvalue weighted by Gasteiger charge is -2.20. The van der Waals surface area contributed by atoms with E-state index in [1.807, 2.05) is 13.8 Å². The molecule has 0 radical (unpaired) electrons. The Morgan fingerprint density at radius 1 is 1.38 bits per heavy atom. The molecule has 0 aliphatic heterocycles. The molecule has 0 bridgehead atoms. The summed E-state index contributed by atoms with van der Waals surface area (Å²) in [5.74, 6) is -0.162. The Morgan fingerprint density at radius 2 is 1.92 bits per heavy atom. The average molecular weight is 187 g/mol. The lowest BCUT2D eigenvalue weighted by Crippen LogP contribution is -2.38. The van der Waals surface area contributed by atoms with Crippen molar-refractivity contribution in [1.82, 2.24) is 5.32 Å². The van der Waals surface area contributed by atoms with E-state index in [4.69, 9.17) is 4.74 Å². The van der Waals surface area contributed by atoms with Crippen molar-refractivity contribution in [3.63, 3.8) is 0 Å². The Labute approximate surface area is 80.8 Å². The molecule has 0 aromatic carbocycles. The first-order chi connectivity index (χ1) is 5.83. The molecular formula is C10H21NO2. The molecule has 0 fully saturated rings. The van der Waals surface area contributed by atoms with Crippen LogP contribution < -0.4 is 5.32 Å². The normalized spacial score (nSPS) is 11.8. The third kappa shape index (κ3) is 7.78. The van der Waals surface area contributed by atoms with Crippen LogP contribution in [-0.2, 0) is 9.53 Å². The summed E-state index contributed by atoms with van der Waals surface area (Å²) >= 11 is 0. The van der Waals surface area contributed by atoms with Crippen LogP contribution in [0.15, 0.2) is 0 Å². The van der Waals surface area contributed by atoms with Gasteiger partial charge in [-0.15, -0.1) is 0 Å². The maximum atomic E-state index is 11.0. The fraction of sp³-hybridized carbons (Fsp3) is 0.900. The third-order valence-electron chi connectivity index (χ3n) is 1.47. The minimum absolute atomic E-state index is 0.0327. The van der Waals surface area contributed by atoms with Gasteiger partial charge < -0.3 is 10.1 Å². The van der Waals surface area contributed by atoms with E-state index in [0.717, 1.165) is 0 Å². The van der Waals surface area contributed by atoms with Crippen LogP contribution in [0.1, 0.15) is 34.6 Å². The summed E-state index contributed by atoms with van der Waals surface area (Å²) < 4.78 is 5.00. The highest BCUT2D eigenvalue weighted by molar-refractivity contribution is 5.71. The highest BCUT2D eigenvalue weighted by atomic mass is 16.5. The van der Waals surface area contributed by atoms with E-state index in [1.54, 1.807) is 0 Å². The highest BCUT2D eigenvalue weighted by Crippen LogP contribution is 1.98. The van der Waals surface area contributed by atoms with Gasteiger partial charge in [-0.25, -0.2) is 0 Å². The predicted molar refractivity (Wildman–Crippen MR) is 53.6 cm³/mol. The van der Waals surface area contributed by atoms with E-state index < -0.39 is 0 Å². The predicted octanol–water partition coefficient (Wildman–Crippen LogP) is 1.57. The second-order valence-electron chi connectivity index (χ2n) is 4.50. The summed E-state index contributed by atoms with van der Waals surface area (Å²) in [5.41, 5.74) is 0.0875. The topological polar surface area (TPSA) is 38.3 Å². The molecule has 0 rings (SSSR count). The van der Waals surface area contributed by atoms with Gasteiger partial charge in [0.2, 0.25) is 0 Å². The standard InChI is InChI=1S/C10H21NO2/c1-8(2)9(12)13-7-6-11-10(3,4)5/h8,11H,6-7H2,1-5H3. The molecule has 3 nitrogen and oxygen atoms in total. The quantitative estimate of drug-likeness (QED) is 0.536. The molecule has 78 valence electrons. The van der Waals surface area contributed by atoms with E-state index in [-0.39, 0.29) is 17.4 Å². The van der Waals surface area contributed by atoms with Crippen molar-refractivity contribution in [3.05, 3.63) is 0 Å². The Hall–Kier alpha value is -0.570. The maximum Gasteiger partial charge on any atom is 0.308 e. The Balaban J connectivity index is 3.42. The van der Waals surface area contributed by atoms with Gasteiger partial charge in [-0.05, 0) is 20.8 Å². The SMILES string of the molecule is CC(C)C(=O)OCCNC(C)(C)C. The van der Waals surface area contributed by atoms with Crippen LogP contribution in [0.5, 0.6) is 0 Å². The highest BCUT2D eigenvalue weighted by Gasteiger charge is 2.10. The molecule has 3 heteroatoms. The molecule has 0 aromatic rings. The number of nitrogens with one attached hydrogen (secondary N) is 1. The van der Waals surface area contributed by atoms with Gasteiger partial charge in [0.1, 0.15) is 6.61 Å². The first kappa shape index (κ1) is 12.4. The molecule has 0 aliphatic carbocycles. The van der Waals surface area contributed by atoms with Gasteiger partial charge in [-0.3, -0.25) is 4.79 Å². The van der Waals surface area contributed by atoms with Crippen LogP contribution in [0.3, 0.4) is 0 Å². The van der Waals surface area contributed by atoms with Crippen LogP contribution in [0.25, 0.3) is 0 Å². The van der Waals surface area contributed by atoms with Crippen molar-refractivity contribution < 1.29 is 9.53 Å². The maximum absolute atomic E-state index is 11.0. The van der Waals surface area contributed by atoms with Crippen LogP contribution in [-0.4, -0.2) is 24.7 Å². The second kappa shape index (κ2) is 5.22. The molecule has 0 saturated carbocycles. The first-order valence-electron chi connectivity index (χ1n) is 4.74. The zero-order chi connectivity index (χ0) is 10.5. The van der Waals surface area contributed by atoms with Crippen LogP contribution >= 0.6 is 0 Å². The monoisotopic (exact) mass is 187 g/mol. The minimum Gasteiger partial charge on any atom is -0.464 e. The summed E-state index contributed by atoms with van der Waals surface area (Å²) in [6.07, 6.45) is 0. The summed E-state index contributed by atoms with van der Waals surface area (Å²) in [5, 5.41) is 3.24. The minimum atomic E-state index is -0.129. The summed E-state index contributed by atoms with van der Waals surface area (Å²) in [4.78, 5) is 11.0. The van der Waals surface area contributed by atoms with Crippen molar-refractivity contribution in [3.8, 4) is 0 Å². The van der Waals surface area contributed by atoms with E-state index in [2.05, 4.69) is 26.1 Å². The number of rotatable bonds is 4. The van der Waals surface area contributed by atoms with Crippen molar-refractivity contribution in [2.75, 3.05) is 13.2 Å². The van der Waals surface area contributed by atoms with Crippen molar-refractivity contribution in [1.29, 1.82) is 0 Å². The third-order valence-corrected chi connectivity index (χ3v) is 1.47. The molecule has 0 spiro atoms. The summed E-state index contributed by atoms with van der Waals surface area (Å²) in [7, 11) is 0. The van der Waals surface area contributed by atoms with Gasteiger partial charge in [0.05, 0.1) is 5.92 Å². The molecule has 0 saturated heterocycles. The van der Waals surface area contributed by atoms with Crippen molar-refractivity contribution in [2.45, 2.75) is 40.2 Å². The largest absolute Gasteiger partial charge is 0.464 e. The number of ether oxygens (including phenoxy) is 1. The van der Waals surface area contributed by atoms with E-state index in [1.165, 1.54) is 0 Å². The first-order valence-corrected chi connectivity index (χ1v) is 4.74. The van der Waals surface area contributed by atoms with Crippen LogP contribution in [0, 0.1) is 5.92 Å². The zero-order valence-electron chi connectivity index (χ0n) is 9.31. The van der Waals surface area contributed by atoms with Crippen LogP contribution in [0.4, 0.5) is 0 Å². The zero-order valence-corrected chi connectivity index (χ0v) is 9.31. The fourth-order valence-corrected chi connectivity index (χ4v) is 0.744. The molecule has 13 heavy (non-hydrogen) atoms. The molecule has 1 N–H and O–H groups in total. The van der Waals surface area contributed by atoms with Gasteiger partial charge in [0, 0.05) is 12.1 Å². The summed E-state index contributed by atoms with van der Waals surface area (Å²) in [6, 6.07) is 0. The van der Waals surface area contributed by atoms with Gasteiger partial charge in [0.25, 0.3) is 0 Å². The molecule has 0 heterocycles. The molecule has 0 aliphatic rings. The lowest BCUT2D eigenvalue weighted by molar-refractivity contribution is -0.147. The molecular weight excluding hydrogens is 166 g/mol. The molecule has 0 unspecified atom stereocenters. The Bertz CT molecular complexity index is 159. The van der Waals surface area contributed by atoms with Crippen molar-refractivity contribution in [2.24, 2.45) is 5.92 Å². The lowest BCUT2D eigenvalue weighted by atomic mass is 10.1. The fourth-order valence-electron chi connectivity index (χ4n) is 0.744. The number of carbonyl (C=O) groups is 1. The molecule has 0 aromatic heterocycles. The molecule has 0 amide bonds. The van der Waals surface area contributed by atoms with E-state index in [0.29, 0.717) is 13.2 Å². The van der Waals surface area contributed by atoms with E-state index >= 15 is 0 Å². The molecule has 0 atom stereocenters. The second-order valence-corrected chi connectivity index (χ2v) is 4.50. The number of hydrogen-bond donors (Lipinski definition) is 1. The van der Waals surface area contributed by atoms with Gasteiger partial charge >= 0.3 is 5.97 Å².